The predicted molar refractivity (Wildman–Crippen MR) is 88.1 cm³/mol. The van der Waals surface area contributed by atoms with Crippen LogP contribution < -0.4 is 5.73 Å². The van der Waals surface area contributed by atoms with Crippen molar-refractivity contribution in [1.82, 2.24) is 4.98 Å². The van der Waals surface area contributed by atoms with E-state index >= 15 is 0 Å². The molecule has 0 saturated heterocycles. The molecule has 1 unspecified atom stereocenters. The number of nitrogens with two attached hydrogens (primary N) is 1. The van der Waals surface area contributed by atoms with Gasteiger partial charge in [-0.1, -0.05) is 12.1 Å². The predicted octanol–water partition coefficient (Wildman–Crippen LogP) is 3.56. The summed E-state index contributed by atoms with van der Waals surface area (Å²) in [5, 5.41) is 0.980. The van der Waals surface area contributed by atoms with Crippen molar-refractivity contribution >= 4 is 28.1 Å². The summed E-state index contributed by atoms with van der Waals surface area (Å²) in [6.07, 6.45) is 6.44. The number of carbonyl (C=O) groups is 1. The maximum Gasteiger partial charge on any atom is 0.309 e. The minimum absolute atomic E-state index is 0.0119. The number of nitrogens with zero attached hydrogens (tertiary/aromatic N) is 1. The summed E-state index contributed by atoms with van der Waals surface area (Å²) in [6.45, 7) is 2.28. The number of rotatable bonds is 3. The number of hydrogen-bond acceptors (Lipinski definition) is 4. The van der Waals surface area contributed by atoms with Crippen LogP contribution in [0, 0.1) is 5.92 Å². The highest BCUT2D eigenvalue weighted by Crippen LogP contribution is 2.32. The number of hydrogen-bond donors (Lipinski definition) is 1. The first-order valence-corrected chi connectivity index (χ1v) is 7.69. The lowest BCUT2D eigenvalue weighted by molar-refractivity contribution is -0.148. The first-order chi connectivity index (χ1) is 10.7. The third-order valence-corrected chi connectivity index (χ3v) is 4.16. The molecule has 0 aliphatic heterocycles. The Balaban J connectivity index is 1.83. The SMILES string of the molecule is CCOC(=O)C1CC=C(c2cnc3cccc(N)c3c2)CC1. The van der Waals surface area contributed by atoms with Gasteiger partial charge in [0.25, 0.3) is 0 Å². The highest BCUT2D eigenvalue weighted by atomic mass is 16.5. The highest BCUT2D eigenvalue weighted by molar-refractivity contribution is 5.92. The van der Waals surface area contributed by atoms with Gasteiger partial charge >= 0.3 is 5.97 Å². The second-order valence-electron chi connectivity index (χ2n) is 5.59. The van der Waals surface area contributed by atoms with Gasteiger partial charge in [-0.3, -0.25) is 9.78 Å². The highest BCUT2D eigenvalue weighted by Gasteiger charge is 2.23. The van der Waals surface area contributed by atoms with E-state index in [1.807, 2.05) is 31.3 Å². The van der Waals surface area contributed by atoms with Crippen molar-refractivity contribution in [3.63, 3.8) is 0 Å². The molecule has 1 aromatic carbocycles. The zero-order chi connectivity index (χ0) is 15.5. The smallest absolute Gasteiger partial charge is 0.309 e. The van der Waals surface area contributed by atoms with Crippen LogP contribution in [0.25, 0.3) is 16.5 Å². The number of anilines is 1. The number of allylic oxidation sites excluding steroid dienone is 2. The quantitative estimate of drug-likeness (QED) is 0.694. The molecule has 2 aromatic rings. The number of benzene rings is 1. The van der Waals surface area contributed by atoms with Gasteiger partial charge in [0, 0.05) is 17.3 Å². The fraction of sp³-hybridized carbons (Fsp3) is 0.333. The van der Waals surface area contributed by atoms with Crippen molar-refractivity contribution in [2.75, 3.05) is 12.3 Å². The van der Waals surface area contributed by atoms with Gasteiger partial charge in [0.05, 0.1) is 18.0 Å². The van der Waals surface area contributed by atoms with Crippen molar-refractivity contribution in [3.8, 4) is 0 Å². The fourth-order valence-electron chi connectivity index (χ4n) is 2.92. The maximum atomic E-state index is 11.8. The van der Waals surface area contributed by atoms with Gasteiger partial charge in [-0.2, -0.15) is 0 Å². The van der Waals surface area contributed by atoms with E-state index in [-0.39, 0.29) is 11.9 Å². The molecule has 0 amide bonds. The minimum atomic E-state index is -0.0846. The fourth-order valence-corrected chi connectivity index (χ4v) is 2.92. The normalized spacial score (nSPS) is 18.0. The number of pyridine rings is 1. The standard InChI is InChI=1S/C18H20N2O2/c1-2-22-18(21)13-8-6-12(7-9-13)14-10-15-16(19)4-3-5-17(15)20-11-14/h3-6,10-11,13H,2,7-9,19H2,1H3. The average molecular weight is 296 g/mol. The maximum absolute atomic E-state index is 11.8. The lowest BCUT2D eigenvalue weighted by atomic mass is 9.87. The van der Waals surface area contributed by atoms with E-state index in [9.17, 15) is 4.79 Å². The van der Waals surface area contributed by atoms with Gasteiger partial charge in [0.2, 0.25) is 0 Å². The monoisotopic (exact) mass is 296 g/mol. The molecule has 0 saturated carbocycles. The van der Waals surface area contributed by atoms with E-state index in [1.54, 1.807) is 0 Å². The lowest BCUT2D eigenvalue weighted by Crippen LogP contribution is -2.19. The Morgan fingerprint density at radius 2 is 2.32 bits per heavy atom. The van der Waals surface area contributed by atoms with E-state index in [2.05, 4.69) is 17.1 Å². The largest absolute Gasteiger partial charge is 0.466 e. The molecule has 0 spiro atoms. The molecular formula is C18H20N2O2. The molecule has 0 bridgehead atoms. The minimum Gasteiger partial charge on any atom is -0.466 e. The van der Waals surface area contributed by atoms with E-state index in [0.717, 1.165) is 41.4 Å². The van der Waals surface area contributed by atoms with Crippen LogP contribution in [0.4, 0.5) is 5.69 Å². The molecule has 1 heterocycles. The summed E-state index contributed by atoms with van der Waals surface area (Å²) in [7, 11) is 0. The Morgan fingerprint density at radius 1 is 1.45 bits per heavy atom. The van der Waals surface area contributed by atoms with E-state index in [1.165, 1.54) is 5.57 Å². The van der Waals surface area contributed by atoms with Crippen molar-refractivity contribution in [2.45, 2.75) is 26.2 Å². The molecule has 114 valence electrons. The van der Waals surface area contributed by atoms with Crippen LogP contribution in [-0.2, 0) is 9.53 Å². The van der Waals surface area contributed by atoms with Gasteiger partial charge < -0.3 is 10.5 Å². The van der Waals surface area contributed by atoms with E-state index in [0.29, 0.717) is 6.61 Å². The zero-order valence-corrected chi connectivity index (χ0v) is 12.7. The van der Waals surface area contributed by atoms with Gasteiger partial charge in [-0.25, -0.2) is 0 Å². The molecule has 1 aliphatic carbocycles. The molecule has 1 aromatic heterocycles. The molecule has 0 radical (unpaired) electrons. The summed E-state index contributed by atoms with van der Waals surface area (Å²) in [4.78, 5) is 16.3. The second kappa shape index (κ2) is 6.18. The molecule has 22 heavy (non-hydrogen) atoms. The Kier molecular flexibility index (Phi) is 4.09. The Hall–Kier alpha value is -2.36. The van der Waals surface area contributed by atoms with Crippen molar-refractivity contribution in [3.05, 3.63) is 42.1 Å². The number of aromatic nitrogens is 1. The zero-order valence-electron chi connectivity index (χ0n) is 12.7. The summed E-state index contributed by atoms with van der Waals surface area (Å²) >= 11 is 0. The second-order valence-corrected chi connectivity index (χ2v) is 5.59. The first-order valence-electron chi connectivity index (χ1n) is 7.69. The Bertz CT molecular complexity index is 737. The van der Waals surface area contributed by atoms with Crippen LogP contribution in [0.5, 0.6) is 0 Å². The molecule has 4 nitrogen and oxygen atoms in total. The molecular weight excluding hydrogens is 276 g/mol. The van der Waals surface area contributed by atoms with E-state index < -0.39 is 0 Å². The Morgan fingerprint density at radius 3 is 3.05 bits per heavy atom. The lowest BCUT2D eigenvalue weighted by Gasteiger charge is -2.20. The van der Waals surface area contributed by atoms with Crippen LogP contribution in [0.1, 0.15) is 31.7 Å². The molecule has 1 atom stereocenters. The van der Waals surface area contributed by atoms with E-state index in [4.69, 9.17) is 10.5 Å². The van der Waals surface area contributed by atoms with Gasteiger partial charge in [0.1, 0.15) is 0 Å². The molecule has 4 heteroatoms. The average Bonchev–Trinajstić information content (AvgIpc) is 2.55. The van der Waals surface area contributed by atoms with Crippen LogP contribution in [0.2, 0.25) is 0 Å². The topological polar surface area (TPSA) is 65.2 Å². The van der Waals surface area contributed by atoms with Gasteiger partial charge in [-0.05, 0) is 55.5 Å². The van der Waals surface area contributed by atoms with Crippen LogP contribution in [-0.4, -0.2) is 17.6 Å². The summed E-state index contributed by atoms with van der Waals surface area (Å²) < 4.78 is 5.10. The summed E-state index contributed by atoms with van der Waals surface area (Å²) in [5.74, 6) is -0.0964. The molecule has 3 rings (SSSR count). The first kappa shape index (κ1) is 14.6. The van der Waals surface area contributed by atoms with Crippen LogP contribution in [0.3, 0.4) is 0 Å². The van der Waals surface area contributed by atoms with Crippen molar-refractivity contribution in [1.29, 1.82) is 0 Å². The van der Waals surface area contributed by atoms with Crippen molar-refractivity contribution in [2.24, 2.45) is 5.92 Å². The number of nitrogen functional groups attached to an aromatic ring is 1. The summed E-state index contributed by atoms with van der Waals surface area (Å²) in [5.41, 5.74) is 10.0. The van der Waals surface area contributed by atoms with Gasteiger partial charge in [-0.15, -0.1) is 0 Å². The van der Waals surface area contributed by atoms with Crippen LogP contribution >= 0.6 is 0 Å². The molecule has 0 fully saturated rings. The number of ether oxygens (including phenoxy) is 1. The number of carbonyl (C=O) groups excluding carboxylic acids is 1. The Labute approximate surface area is 130 Å². The third-order valence-electron chi connectivity index (χ3n) is 4.16. The van der Waals surface area contributed by atoms with Crippen LogP contribution in [0.15, 0.2) is 36.5 Å². The van der Waals surface area contributed by atoms with Gasteiger partial charge in [0.15, 0.2) is 0 Å². The molecule has 1 aliphatic rings. The molecule has 2 N–H and O–H groups in total. The summed E-state index contributed by atoms with van der Waals surface area (Å²) in [6, 6.07) is 7.85. The number of fused-ring (bicyclic) bond motifs is 1. The number of esters is 1. The third kappa shape index (κ3) is 2.82. The van der Waals surface area contributed by atoms with Crippen molar-refractivity contribution < 1.29 is 9.53 Å².